The van der Waals surface area contributed by atoms with Gasteiger partial charge in [-0.3, -0.25) is 0 Å². The van der Waals surface area contributed by atoms with E-state index in [1.807, 2.05) is 0 Å². The molecule has 16 heavy (non-hydrogen) atoms. The van der Waals surface area contributed by atoms with E-state index in [-0.39, 0.29) is 0 Å². The Kier molecular flexibility index (Phi) is 7.06. The minimum absolute atomic E-state index is 0.860. The first kappa shape index (κ1) is 14.0. The molecule has 0 amide bonds. The standard InChI is InChI=1S/C14H30N2/c1-4-15(5-2)12-9-14(3)13-16-10-7-6-8-11-16/h14H,4-13H2,1-3H3. The molecule has 0 aromatic rings. The second-order valence-electron chi connectivity index (χ2n) is 5.28. The van der Waals surface area contributed by atoms with Crippen LogP contribution in [-0.2, 0) is 0 Å². The second kappa shape index (κ2) is 8.08. The van der Waals surface area contributed by atoms with Crippen molar-refractivity contribution in [2.45, 2.75) is 46.5 Å². The van der Waals surface area contributed by atoms with Crippen LogP contribution in [-0.4, -0.2) is 49.1 Å². The summed E-state index contributed by atoms with van der Waals surface area (Å²) in [6.07, 6.45) is 5.65. The molecule has 0 radical (unpaired) electrons. The van der Waals surface area contributed by atoms with Crippen LogP contribution in [0.25, 0.3) is 0 Å². The van der Waals surface area contributed by atoms with E-state index in [9.17, 15) is 0 Å². The predicted molar refractivity (Wildman–Crippen MR) is 71.9 cm³/mol. The maximum atomic E-state index is 2.66. The third kappa shape index (κ3) is 5.31. The molecule has 96 valence electrons. The summed E-state index contributed by atoms with van der Waals surface area (Å²) < 4.78 is 0. The van der Waals surface area contributed by atoms with Crippen molar-refractivity contribution in [1.29, 1.82) is 0 Å². The highest BCUT2D eigenvalue weighted by atomic mass is 15.1. The van der Waals surface area contributed by atoms with Crippen molar-refractivity contribution in [2.75, 3.05) is 39.3 Å². The van der Waals surface area contributed by atoms with Crippen LogP contribution >= 0.6 is 0 Å². The molecule has 0 aromatic carbocycles. The van der Waals surface area contributed by atoms with Crippen LogP contribution in [0, 0.1) is 5.92 Å². The molecule has 2 nitrogen and oxygen atoms in total. The van der Waals surface area contributed by atoms with Gasteiger partial charge in [-0.1, -0.05) is 27.2 Å². The van der Waals surface area contributed by atoms with Crippen LogP contribution in [0.1, 0.15) is 46.5 Å². The zero-order chi connectivity index (χ0) is 11.8. The van der Waals surface area contributed by atoms with Gasteiger partial charge in [0.25, 0.3) is 0 Å². The first-order chi connectivity index (χ1) is 7.76. The highest BCUT2D eigenvalue weighted by Crippen LogP contribution is 2.13. The van der Waals surface area contributed by atoms with Crippen LogP contribution in [0.5, 0.6) is 0 Å². The third-order valence-corrected chi connectivity index (χ3v) is 3.85. The lowest BCUT2D eigenvalue weighted by Gasteiger charge is -2.30. The van der Waals surface area contributed by atoms with Crippen molar-refractivity contribution in [3.05, 3.63) is 0 Å². The fourth-order valence-corrected chi connectivity index (χ4v) is 2.62. The van der Waals surface area contributed by atoms with Gasteiger partial charge in [-0.15, -0.1) is 0 Å². The maximum Gasteiger partial charge on any atom is 0.000749 e. The van der Waals surface area contributed by atoms with E-state index in [0.717, 1.165) is 5.92 Å². The quantitative estimate of drug-likeness (QED) is 0.658. The minimum Gasteiger partial charge on any atom is -0.304 e. The SMILES string of the molecule is CCN(CC)CCC(C)CN1CCCCC1. The average molecular weight is 226 g/mol. The van der Waals surface area contributed by atoms with E-state index in [2.05, 4.69) is 30.6 Å². The van der Waals surface area contributed by atoms with Gasteiger partial charge in [0.15, 0.2) is 0 Å². The first-order valence-electron chi connectivity index (χ1n) is 7.21. The molecule has 1 unspecified atom stereocenters. The van der Waals surface area contributed by atoms with E-state index in [1.54, 1.807) is 0 Å². The topological polar surface area (TPSA) is 6.48 Å². The predicted octanol–water partition coefficient (Wildman–Crippen LogP) is 2.84. The van der Waals surface area contributed by atoms with Crippen molar-refractivity contribution in [1.82, 2.24) is 9.80 Å². The summed E-state index contributed by atoms with van der Waals surface area (Å²) in [6.45, 7) is 14.6. The molecule has 0 spiro atoms. The van der Waals surface area contributed by atoms with Crippen molar-refractivity contribution >= 4 is 0 Å². The van der Waals surface area contributed by atoms with Crippen LogP contribution < -0.4 is 0 Å². The lowest BCUT2D eigenvalue weighted by atomic mass is 10.0. The number of rotatable bonds is 7. The molecule has 1 aliphatic heterocycles. The molecule has 1 atom stereocenters. The van der Waals surface area contributed by atoms with Gasteiger partial charge in [0.1, 0.15) is 0 Å². The number of piperidine rings is 1. The van der Waals surface area contributed by atoms with Crippen molar-refractivity contribution in [2.24, 2.45) is 5.92 Å². The molecular weight excluding hydrogens is 196 g/mol. The molecule has 0 N–H and O–H groups in total. The highest BCUT2D eigenvalue weighted by Gasteiger charge is 2.13. The summed E-state index contributed by atoms with van der Waals surface area (Å²) in [4.78, 5) is 5.20. The molecule has 1 fully saturated rings. The van der Waals surface area contributed by atoms with Gasteiger partial charge in [0, 0.05) is 6.54 Å². The van der Waals surface area contributed by atoms with Gasteiger partial charge >= 0.3 is 0 Å². The molecule has 1 aliphatic rings. The zero-order valence-corrected chi connectivity index (χ0v) is 11.5. The van der Waals surface area contributed by atoms with E-state index < -0.39 is 0 Å². The Balaban J connectivity index is 2.11. The van der Waals surface area contributed by atoms with Crippen molar-refractivity contribution in [3.63, 3.8) is 0 Å². The summed E-state index contributed by atoms with van der Waals surface area (Å²) in [5.74, 6) is 0.860. The monoisotopic (exact) mass is 226 g/mol. The summed E-state index contributed by atoms with van der Waals surface area (Å²) in [5.41, 5.74) is 0. The fourth-order valence-electron chi connectivity index (χ4n) is 2.62. The van der Waals surface area contributed by atoms with Crippen LogP contribution in [0.2, 0.25) is 0 Å². The Morgan fingerprint density at radius 2 is 1.69 bits per heavy atom. The number of hydrogen-bond acceptors (Lipinski definition) is 2. The van der Waals surface area contributed by atoms with Crippen LogP contribution in [0.3, 0.4) is 0 Å². The van der Waals surface area contributed by atoms with E-state index in [1.165, 1.54) is 65.0 Å². The lowest BCUT2D eigenvalue weighted by molar-refractivity contribution is 0.185. The molecule has 0 saturated carbocycles. The Labute approximate surface area is 102 Å². The summed E-state index contributed by atoms with van der Waals surface area (Å²) in [6, 6.07) is 0. The second-order valence-corrected chi connectivity index (χ2v) is 5.28. The van der Waals surface area contributed by atoms with Gasteiger partial charge in [-0.05, 0) is 57.9 Å². The van der Waals surface area contributed by atoms with Crippen LogP contribution in [0.4, 0.5) is 0 Å². The Morgan fingerprint density at radius 1 is 1.06 bits per heavy atom. The Bertz CT molecular complexity index is 160. The molecule has 0 aliphatic carbocycles. The molecule has 1 saturated heterocycles. The molecule has 0 bridgehead atoms. The lowest BCUT2D eigenvalue weighted by Crippen LogP contribution is -2.34. The van der Waals surface area contributed by atoms with Crippen LogP contribution in [0.15, 0.2) is 0 Å². The van der Waals surface area contributed by atoms with E-state index in [0.29, 0.717) is 0 Å². The van der Waals surface area contributed by atoms with Gasteiger partial charge in [-0.2, -0.15) is 0 Å². The highest BCUT2D eigenvalue weighted by molar-refractivity contribution is 4.68. The zero-order valence-electron chi connectivity index (χ0n) is 11.5. The van der Waals surface area contributed by atoms with Gasteiger partial charge in [-0.25, -0.2) is 0 Å². The van der Waals surface area contributed by atoms with E-state index >= 15 is 0 Å². The van der Waals surface area contributed by atoms with Gasteiger partial charge in [0.05, 0.1) is 0 Å². The molecular formula is C14H30N2. The molecule has 2 heteroatoms. The normalized spacial score (nSPS) is 20.2. The average Bonchev–Trinajstić information content (AvgIpc) is 2.31. The molecule has 1 rings (SSSR count). The smallest absolute Gasteiger partial charge is 0.000749 e. The number of nitrogens with zero attached hydrogens (tertiary/aromatic N) is 2. The van der Waals surface area contributed by atoms with E-state index in [4.69, 9.17) is 0 Å². The summed E-state index contributed by atoms with van der Waals surface area (Å²) in [5, 5.41) is 0. The van der Waals surface area contributed by atoms with Gasteiger partial charge in [0.2, 0.25) is 0 Å². The first-order valence-corrected chi connectivity index (χ1v) is 7.21. The Morgan fingerprint density at radius 3 is 2.25 bits per heavy atom. The Hall–Kier alpha value is -0.0800. The molecule has 1 heterocycles. The maximum absolute atomic E-state index is 2.66. The number of hydrogen-bond donors (Lipinski definition) is 0. The van der Waals surface area contributed by atoms with Crippen molar-refractivity contribution < 1.29 is 0 Å². The summed E-state index contributed by atoms with van der Waals surface area (Å²) in [7, 11) is 0. The molecule has 0 aromatic heterocycles. The number of likely N-dealkylation sites (tertiary alicyclic amines) is 1. The van der Waals surface area contributed by atoms with Gasteiger partial charge < -0.3 is 9.80 Å². The van der Waals surface area contributed by atoms with Crippen molar-refractivity contribution in [3.8, 4) is 0 Å². The third-order valence-electron chi connectivity index (χ3n) is 3.85. The minimum atomic E-state index is 0.860. The fraction of sp³-hybridized carbons (Fsp3) is 1.00. The summed E-state index contributed by atoms with van der Waals surface area (Å²) >= 11 is 0. The largest absolute Gasteiger partial charge is 0.304 e.